The number of carbonyl (C=O) groups is 2. The second-order valence-corrected chi connectivity index (χ2v) is 4.23. The van der Waals surface area contributed by atoms with E-state index < -0.39 is 23.0 Å². The lowest BCUT2D eigenvalue weighted by Gasteiger charge is -2.15. The van der Waals surface area contributed by atoms with E-state index in [1.165, 1.54) is 6.07 Å². The summed E-state index contributed by atoms with van der Waals surface area (Å²) in [7, 11) is 0. The highest BCUT2D eigenvalue weighted by atomic mass is 16.3. The van der Waals surface area contributed by atoms with Gasteiger partial charge in [-0.05, 0) is 24.3 Å². The zero-order valence-electron chi connectivity index (χ0n) is 10.2. The van der Waals surface area contributed by atoms with Crippen molar-refractivity contribution in [2.75, 3.05) is 0 Å². The van der Waals surface area contributed by atoms with Crippen LogP contribution >= 0.6 is 0 Å². The first-order chi connectivity index (χ1) is 9.59. The number of hydrogen-bond donors (Lipinski definition) is 2. The molecule has 6 heteroatoms. The van der Waals surface area contributed by atoms with Crippen molar-refractivity contribution in [3.63, 3.8) is 0 Å². The molecule has 3 rings (SSSR count). The molecule has 2 aromatic rings. The number of hydrogen-bond acceptors (Lipinski definition) is 6. The summed E-state index contributed by atoms with van der Waals surface area (Å²) in [5, 5.41) is 9.89. The van der Waals surface area contributed by atoms with Crippen LogP contribution in [-0.4, -0.2) is 26.6 Å². The SMILES string of the molecule is NC1=C(O)c2nc(-c3ccccn3)ccc2C(=O)C1=O. The molecule has 20 heavy (non-hydrogen) atoms. The van der Waals surface area contributed by atoms with E-state index in [1.54, 1.807) is 30.5 Å². The Hall–Kier alpha value is -3.02. The first-order valence-corrected chi connectivity index (χ1v) is 5.80. The van der Waals surface area contributed by atoms with Crippen molar-refractivity contribution in [3.8, 4) is 11.4 Å². The lowest BCUT2D eigenvalue weighted by molar-refractivity contribution is -0.112. The van der Waals surface area contributed by atoms with Crippen LogP contribution in [0.15, 0.2) is 42.2 Å². The van der Waals surface area contributed by atoms with E-state index in [1.807, 2.05) is 0 Å². The Morgan fingerprint density at radius 2 is 1.80 bits per heavy atom. The third kappa shape index (κ3) is 1.66. The van der Waals surface area contributed by atoms with Crippen LogP contribution in [0, 0.1) is 0 Å². The molecule has 0 aliphatic heterocycles. The van der Waals surface area contributed by atoms with E-state index in [-0.39, 0.29) is 11.3 Å². The summed E-state index contributed by atoms with van der Waals surface area (Å²) in [4.78, 5) is 31.6. The van der Waals surface area contributed by atoms with Gasteiger partial charge in [0.1, 0.15) is 11.4 Å². The summed E-state index contributed by atoms with van der Waals surface area (Å²) in [6.45, 7) is 0. The Morgan fingerprint density at radius 3 is 2.50 bits per heavy atom. The highest BCUT2D eigenvalue weighted by molar-refractivity contribution is 6.51. The predicted molar refractivity (Wildman–Crippen MR) is 70.5 cm³/mol. The molecule has 1 aliphatic rings. The topological polar surface area (TPSA) is 106 Å². The maximum absolute atomic E-state index is 11.8. The van der Waals surface area contributed by atoms with Gasteiger partial charge in [0.15, 0.2) is 5.76 Å². The molecule has 98 valence electrons. The monoisotopic (exact) mass is 267 g/mol. The fraction of sp³-hybridized carbons (Fsp3) is 0. The standard InChI is InChI=1S/C14H9N3O3/c15-10-13(19)11-7(12(18)14(10)20)4-5-9(17-11)8-3-1-2-6-16-8/h1-6,19H,15H2. The summed E-state index contributed by atoms with van der Waals surface area (Å²) in [5.74, 6) is -2.15. The smallest absolute Gasteiger partial charge is 0.253 e. The van der Waals surface area contributed by atoms with Gasteiger partial charge in [-0.1, -0.05) is 6.07 Å². The molecule has 0 saturated carbocycles. The number of nitrogens with zero attached hydrogens (tertiary/aromatic N) is 2. The highest BCUT2D eigenvalue weighted by Gasteiger charge is 2.32. The summed E-state index contributed by atoms with van der Waals surface area (Å²) >= 11 is 0. The zero-order chi connectivity index (χ0) is 14.3. The van der Waals surface area contributed by atoms with Crippen LogP contribution in [0.1, 0.15) is 16.1 Å². The number of rotatable bonds is 1. The number of Topliss-reactive ketones (excluding diaryl/α,β-unsaturated/α-hetero) is 2. The zero-order valence-corrected chi connectivity index (χ0v) is 10.2. The van der Waals surface area contributed by atoms with Crippen LogP contribution in [0.3, 0.4) is 0 Å². The van der Waals surface area contributed by atoms with E-state index >= 15 is 0 Å². The number of aliphatic hydroxyl groups excluding tert-OH is 1. The summed E-state index contributed by atoms with van der Waals surface area (Å²) < 4.78 is 0. The molecule has 2 aromatic heterocycles. The number of fused-ring (bicyclic) bond motifs is 1. The number of pyridine rings is 2. The maximum atomic E-state index is 11.8. The number of ketones is 2. The summed E-state index contributed by atoms with van der Waals surface area (Å²) in [6.07, 6.45) is 1.61. The highest BCUT2D eigenvalue weighted by Crippen LogP contribution is 2.26. The molecule has 0 fully saturated rings. The molecule has 0 bridgehead atoms. The van der Waals surface area contributed by atoms with Crippen molar-refractivity contribution in [1.82, 2.24) is 9.97 Å². The fourth-order valence-electron chi connectivity index (χ4n) is 1.96. The molecular weight excluding hydrogens is 258 g/mol. The molecule has 0 saturated heterocycles. The molecule has 0 aromatic carbocycles. The Kier molecular flexibility index (Phi) is 2.57. The van der Waals surface area contributed by atoms with Gasteiger partial charge in [-0.15, -0.1) is 0 Å². The predicted octanol–water partition coefficient (Wildman–Crippen LogP) is 1.09. The quantitative estimate of drug-likeness (QED) is 0.749. The number of nitrogens with two attached hydrogens (primary N) is 1. The van der Waals surface area contributed by atoms with Crippen LogP contribution in [0.2, 0.25) is 0 Å². The Morgan fingerprint density at radius 1 is 1.00 bits per heavy atom. The van der Waals surface area contributed by atoms with Gasteiger partial charge >= 0.3 is 0 Å². The average Bonchev–Trinajstić information content (AvgIpc) is 2.51. The van der Waals surface area contributed by atoms with E-state index in [2.05, 4.69) is 9.97 Å². The molecule has 0 unspecified atom stereocenters. The van der Waals surface area contributed by atoms with Gasteiger partial charge in [-0.2, -0.15) is 0 Å². The molecule has 3 N–H and O–H groups in total. The fourth-order valence-corrected chi connectivity index (χ4v) is 1.96. The minimum absolute atomic E-state index is 0.00949. The van der Waals surface area contributed by atoms with Crippen LogP contribution in [0.4, 0.5) is 0 Å². The molecule has 0 spiro atoms. The van der Waals surface area contributed by atoms with Crippen molar-refractivity contribution >= 4 is 17.3 Å². The van der Waals surface area contributed by atoms with Gasteiger partial charge in [0.2, 0.25) is 5.78 Å². The maximum Gasteiger partial charge on any atom is 0.253 e. The summed E-state index contributed by atoms with van der Waals surface area (Å²) in [6, 6.07) is 8.31. The number of allylic oxidation sites excluding steroid dienone is 1. The molecule has 0 amide bonds. The van der Waals surface area contributed by atoms with Crippen LogP contribution in [0.5, 0.6) is 0 Å². The van der Waals surface area contributed by atoms with Gasteiger partial charge < -0.3 is 10.8 Å². The molecule has 1 aliphatic carbocycles. The van der Waals surface area contributed by atoms with Gasteiger partial charge in [-0.3, -0.25) is 14.6 Å². The summed E-state index contributed by atoms with van der Waals surface area (Å²) in [5.41, 5.74) is 6.06. The van der Waals surface area contributed by atoms with Crippen molar-refractivity contribution in [2.24, 2.45) is 5.73 Å². The van der Waals surface area contributed by atoms with Crippen molar-refractivity contribution in [1.29, 1.82) is 0 Å². The second-order valence-electron chi connectivity index (χ2n) is 4.23. The third-order valence-electron chi connectivity index (χ3n) is 3.00. The first kappa shape index (κ1) is 12.0. The lowest BCUT2D eigenvalue weighted by Crippen LogP contribution is -2.28. The van der Waals surface area contributed by atoms with E-state index in [0.29, 0.717) is 11.4 Å². The van der Waals surface area contributed by atoms with Crippen molar-refractivity contribution < 1.29 is 14.7 Å². The Bertz CT molecular complexity index is 766. The number of aliphatic hydroxyl groups is 1. The van der Waals surface area contributed by atoms with Gasteiger partial charge in [0.05, 0.1) is 17.0 Å². The minimum atomic E-state index is -0.914. The average molecular weight is 267 g/mol. The number of aromatic nitrogens is 2. The molecule has 0 radical (unpaired) electrons. The number of carbonyl (C=O) groups excluding carboxylic acids is 2. The van der Waals surface area contributed by atoms with Crippen molar-refractivity contribution in [3.05, 3.63) is 53.5 Å². The second kappa shape index (κ2) is 4.27. The molecule has 6 nitrogen and oxygen atoms in total. The van der Waals surface area contributed by atoms with E-state index in [9.17, 15) is 14.7 Å². The Labute approximate surface area is 113 Å². The van der Waals surface area contributed by atoms with Crippen LogP contribution < -0.4 is 5.73 Å². The molecule has 2 heterocycles. The van der Waals surface area contributed by atoms with Crippen LogP contribution in [-0.2, 0) is 4.79 Å². The Balaban J connectivity index is 2.21. The van der Waals surface area contributed by atoms with Gasteiger partial charge in [0, 0.05) is 6.20 Å². The molecular formula is C14H9N3O3. The largest absolute Gasteiger partial charge is 0.504 e. The third-order valence-corrected chi connectivity index (χ3v) is 3.00. The normalized spacial score (nSPS) is 14.4. The first-order valence-electron chi connectivity index (χ1n) is 5.80. The van der Waals surface area contributed by atoms with Gasteiger partial charge in [0.25, 0.3) is 5.78 Å². The van der Waals surface area contributed by atoms with Crippen LogP contribution in [0.25, 0.3) is 17.1 Å². The van der Waals surface area contributed by atoms with Gasteiger partial charge in [-0.25, -0.2) is 4.98 Å². The lowest BCUT2D eigenvalue weighted by atomic mass is 9.95. The minimum Gasteiger partial charge on any atom is -0.504 e. The molecule has 0 atom stereocenters. The van der Waals surface area contributed by atoms with Crippen molar-refractivity contribution in [2.45, 2.75) is 0 Å². The van der Waals surface area contributed by atoms with E-state index in [4.69, 9.17) is 5.73 Å². The van der Waals surface area contributed by atoms with E-state index in [0.717, 1.165) is 0 Å².